The molecule has 1 aliphatic heterocycles. The first-order chi connectivity index (χ1) is 26.0. The number of para-hydroxylation sites is 1. The Labute approximate surface area is 307 Å². The van der Waals surface area contributed by atoms with Crippen LogP contribution in [0.2, 0.25) is 0 Å². The van der Waals surface area contributed by atoms with E-state index < -0.39 is 0 Å². The van der Waals surface area contributed by atoms with E-state index in [0.717, 1.165) is 39.1 Å². The molecule has 0 unspecified atom stereocenters. The monoisotopic (exact) mass is 684 g/mol. The number of hydrogen-bond donors (Lipinski definition) is 0. The van der Waals surface area contributed by atoms with Crippen LogP contribution in [0.4, 0.5) is 0 Å². The van der Waals surface area contributed by atoms with Crippen molar-refractivity contribution in [3.63, 3.8) is 0 Å². The second kappa shape index (κ2) is 12.1. The van der Waals surface area contributed by atoms with Crippen molar-refractivity contribution in [1.82, 2.24) is 19.9 Å². The molecular formula is C47H32N4O2. The number of fused-ring (bicyclic) bond motifs is 5. The molecule has 6 heteroatoms. The maximum Gasteiger partial charge on any atom is 0.177 e. The highest BCUT2D eigenvalue weighted by Crippen LogP contribution is 2.56. The summed E-state index contributed by atoms with van der Waals surface area (Å²) in [6.45, 7) is 4.54. The van der Waals surface area contributed by atoms with Gasteiger partial charge in [0.05, 0.1) is 5.69 Å². The van der Waals surface area contributed by atoms with Gasteiger partial charge >= 0.3 is 0 Å². The van der Waals surface area contributed by atoms with E-state index in [0.29, 0.717) is 40.5 Å². The van der Waals surface area contributed by atoms with Gasteiger partial charge in [-0.05, 0) is 64.2 Å². The molecule has 0 saturated heterocycles. The Hall–Kier alpha value is -6.92. The molecule has 6 aromatic carbocycles. The Morgan fingerprint density at radius 3 is 1.89 bits per heavy atom. The molecule has 8 aromatic rings. The molecule has 0 radical (unpaired) electrons. The molecular weight excluding hydrogens is 653 g/mol. The third-order valence-corrected chi connectivity index (χ3v) is 10.3. The minimum absolute atomic E-state index is 0.166. The van der Waals surface area contributed by atoms with Gasteiger partial charge in [0.2, 0.25) is 0 Å². The third kappa shape index (κ3) is 5.18. The van der Waals surface area contributed by atoms with Crippen molar-refractivity contribution in [2.75, 3.05) is 0 Å². The first kappa shape index (κ1) is 30.9. The van der Waals surface area contributed by atoms with E-state index in [4.69, 9.17) is 24.4 Å². The zero-order valence-electron chi connectivity index (χ0n) is 29.1. The Morgan fingerprint density at radius 1 is 0.415 bits per heavy atom. The smallest absolute Gasteiger partial charge is 0.177 e. The summed E-state index contributed by atoms with van der Waals surface area (Å²) < 4.78 is 13.5. The SMILES string of the molecule is CC1(C)c2ccccc2-c2cc3c(cc21)Oc1c(cccc1-c1ccccc1-c1nc(-c2ccccc2)nc(-c2cccc(-c4ccccn4)c2)n1)O3. The summed E-state index contributed by atoms with van der Waals surface area (Å²) in [4.78, 5) is 19.8. The minimum atomic E-state index is -0.166. The van der Waals surface area contributed by atoms with Crippen molar-refractivity contribution >= 4 is 0 Å². The van der Waals surface area contributed by atoms with E-state index >= 15 is 0 Å². The van der Waals surface area contributed by atoms with E-state index in [-0.39, 0.29) is 5.41 Å². The van der Waals surface area contributed by atoms with Crippen molar-refractivity contribution in [2.45, 2.75) is 19.3 Å². The summed E-state index contributed by atoms with van der Waals surface area (Å²) in [6, 6.07) is 51.2. The lowest BCUT2D eigenvalue weighted by Crippen LogP contribution is -2.15. The summed E-state index contributed by atoms with van der Waals surface area (Å²) in [5.74, 6) is 4.43. The van der Waals surface area contributed by atoms with Gasteiger partial charge in [-0.2, -0.15) is 0 Å². The second-order valence-electron chi connectivity index (χ2n) is 13.9. The predicted molar refractivity (Wildman–Crippen MR) is 209 cm³/mol. The standard InChI is InChI=1S/C47H32N4O2/c1-47(2)37-22-9-8-19-33(37)36-27-41-42(28-38(36)47)53-43-34(21-13-24-40(43)52-41)32-18-6-7-20-35(32)46-50-44(29-14-4-3-5-15-29)49-45(51-46)31-17-12-16-30(26-31)39-23-10-11-25-48-39/h3-28H,1-2H3. The fraction of sp³-hybridized carbons (Fsp3) is 0.0638. The molecule has 0 amide bonds. The molecule has 3 heterocycles. The van der Waals surface area contributed by atoms with Crippen LogP contribution < -0.4 is 9.47 Å². The number of ether oxygens (including phenoxy) is 2. The summed E-state index contributed by atoms with van der Waals surface area (Å²) in [7, 11) is 0. The summed E-state index contributed by atoms with van der Waals surface area (Å²) in [6.07, 6.45) is 1.80. The molecule has 0 N–H and O–H groups in total. The largest absolute Gasteiger partial charge is 0.449 e. The third-order valence-electron chi connectivity index (χ3n) is 10.3. The Morgan fingerprint density at radius 2 is 1.06 bits per heavy atom. The van der Waals surface area contributed by atoms with Gasteiger partial charge in [-0.15, -0.1) is 0 Å². The number of hydrogen-bond acceptors (Lipinski definition) is 6. The summed E-state index contributed by atoms with van der Waals surface area (Å²) in [5, 5.41) is 0. The molecule has 1 aliphatic carbocycles. The van der Waals surface area contributed by atoms with E-state index in [1.165, 1.54) is 22.3 Å². The van der Waals surface area contributed by atoms with Crippen LogP contribution in [-0.4, -0.2) is 19.9 Å². The van der Waals surface area contributed by atoms with Crippen LogP contribution in [0.15, 0.2) is 158 Å². The van der Waals surface area contributed by atoms with Crippen molar-refractivity contribution in [1.29, 1.82) is 0 Å². The minimum Gasteiger partial charge on any atom is -0.449 e. The number of rotatable bonds is 5. The fourth-order valence-electron chi connectivity index (χ4n) is 7.62. The Kier molecular flexibility index (Phi) is 7.05. The maximum atomic E-state index is 6.83. The molecule has 2 aromatic heterocycles. The molecule has 0 bridgehead atoms. The van der Waals surface area contributed by atoms with Crippen LogP contribution in [0.1, 0.15) is 25.0 Å². The highest BCUT2D eigenvalue weighted by atomic mass is 16.6. The fourth-order valence-corrected chi connectivity index (χ4v) is 7.62. The van der Waals surface area contributed by atoms with E-state index in [9.17, 15) is 0 Å². The van der Waals surface area contributed by atoms with Gasteiger partial charge in [0.1, 0.15) is 0 Å². The highest BCUT2D eigenvalue weighted by molar-refractivity contribution is 5.88. The first-order valence-electron chi connectivity index (χ1n) is 17.7. The number of nitrogens with zero attached hydrogens (tertiary/aromatic N) is 4. The average Bonchev–Trinajstić information content (AvgIpc) is 3.44. The zero-order chi connectivity index (χ0) is 35.5. The Bertz CT molecular complexity index is 2710. The van der Waals surface area contributed by atoms with Gasteiger partial charge in [0.25, 0.3) is 0 Å². The quantitative estimate of drug-likeness (QED) is 0.180. The molecule has 10 rings (SSSR count). The van der Waals surface area contributed by atoms with Gasteiger partial charge in [0, 0.05) is 39.4 Å². The van der Waals surface area contributed by atoms with E-state index in [1.54, 1.807) is 6.20 Å². The van der Waals surface area contributed by atoms with Crippen LogP contribution in [0.3, 0.4) is 0 Å². The predicted octanol–water partition coefficient (Wildman–Crippen LogP) is 11.8. The van der Waals surface area contributed by atoms with Gasteiger partial charge < -0.3 is 9.47 Å². The molecule has 0 spiro atoms. The summed E-state index contributed by atoms with van der Waals surface area (Å²) >= 11 is 0. The van der Waals surface area contributed by atoms with Crippen molar-refractivity contribution in [3.05, 3.63) is 169 Å². The molecule has 53 heavy (non-hydrogen) atoms. The van der Waals surface area contributed by atoms with Gasteiger partial charge in [-0.3, -0.25) is 4.98 Å². The average molecular weight is 685 g/mol. The van der Waals surface area contributed by atoms with Crippen molar-refractivity contribution < 1.29 is 9.47 Å². The Balaban J connectivity index is 1.10. The van der Waals surface area contributed by atoms with Crippen LogP contribution in [0, 0.1) is 0 Å². The molecule has 2 aliphatic rings. The van der Waals surface area contributed by atoms with E-state index in [2.05, 4.69) is 79.5 Å². The van der Waals surface area contributed by atoms with Crippen molar-refractivity contribution in [2.24, 2.45) is 0 Å². The lowest BCUT2D eigenvalue weighted by molar-refractivity contribution is 0.360. The van der Waals surface area contributed by atoms with Gasteiger partial charge in [0.15, 0.2) is 40.5 Å². The number of pyridine rings is 1. The van der Waals surface area contributed by atoms with Gasteiger partial charge in [-0.1, -0.05) is 129 Å². The molecule has 0 fully saturated rings. The van der Waals surface area contributed by atoms with Crippen LogP contribution in [-0.2, 0) is 5.41 Å². The van der Waals surface area contributed by atoms with Crippen LogP contribution in [0.25, 0.3) is 67.7 Å². The lowest BCUT2D eigenvalue weighted by atomic mass is 9.82. The lowest BCUT2D eigenvalue weighted by Gasteiger charge is -2.26. The van der Waals surface area contributed by atoms with Crippen LogP contribution >= 0.6 is 0 Å². The number of aromatic nitrogens is 4. The highest BCUT2D eigenvalue weighted by Gasteiger charge is 2.37. The van der Waals surface area contributed by atoms with Crippen molar-refractivity contribution in [3.8, 4) is 90.7 Å². The summed E-state index contributed by atoms with van der Waals surface area (Å²) in [5.41, 5.74) is 11.1. The topological polar surface area (TPSA) is 70.0 Å². The molecule has 0 atom stereocenters. The number of benzene rings is 6. The second-order valence-corrected chi connectivity index (χ2v) is 13.9. The first-order valence-corrected chi connectivity index (χ1v) is 17.7. The van der Waals surface area contributed by atoms with E-state index in [1.807, 2.05) is 91.0 Å². The molecule has 6 nitrogen and oxygen atoms in total. The normalized spacial score (nSPS) is 13.2. The molecule has 0 saturated carbocycles. The maximum absolute atomic E-state index is 6.83. The van der Waals surface area contributed by atoms with Crippen LogP contribution in [0.5, 0.6) is 23.0 Å². The molecule has 252 valence electrons. The van der Waals surface area contributed by atoms with Gasteiger partial charge in [-0.25, -0.2) is 15.0 Å². The zero-order valence-corrected chi connectivity index (χ0v) is 29.1.